The van der Waals surface area contributed by atoms with Gasteiger partial charge in [0.15, 0.2) is 17.2 Å². The number of nitrogens with two attached hydrogens (primary N) is 1. The summed E-state index contributed by atoms with van der Waals surface area (Å²) in [4.78, 5) is 11.1. The van der Waals surface area contributed by atoms with Crippen LogP contribution in [0.3, 0.4) is 0 Å². The first-order valence-corrected chi connectivity index (χ1v) is 5.34. The van der Waals surface area contributed by atoms with Crippen LogP contribution >= 0.6 is 0 Å². The summed E-state index contributed by atoms with van der Waals surface area (Å²) in [5.41, 5.74) is 2.08. The fraction of sp³-hybridized carbons (Fsp3) is 0.300. The molecule has 18 heavy (non-hydrogen) atoms. The zero-order valence-electron chi connectivity index (χ0n) is 9.79. The lowest BCUT2D eigenvalue weighted by molar-refractivity contribution is 0.0944. The van der Waals surface area contributed by atoms with Crippen LogP contribution in [-0.4, -0.2) is 20.8 Å². The van der Waals surface area contributed by atoms with Crippen molar-refractivity contribution >= 4 is 5.91 Å². The van der Waals surface area contributed by atoms with Gasteiger partial charge in [-0.25, -0.2) is 5.84 Å². The molecule has 2 aromatic rings. The van der Waals surface area contributed by atoms with Crippen molar-refractivity contribution in [3.05, 3.63) is 29.9 Å². The molecule has 0 saturated carbocycles. The predicted molar refractivity (Wildman–Crippen MR) is 60.4 cm³/mol. The topological polar surface area (TPSA) is 108 Å². The Bertz CT molecular complexity index is 533. The van der Waals surface area contributed by atoms with E-state index in [-0.39, 0.29) is 12.3 Å². The number of carbonyl (C=O) groups excluding carboxylic acids is 1. The van der Waals surface area contributed by atoms with E-state index >= 15 is 0 Å². The van der Waals surface area contributed by atoms with Gasteiger partial charge in [0, 0.05) is 12.6 Å². The first-order chi connectivity index (χ1) is 8.72. The van der Waals surface area contributed by atoms with Crippen LogP contribution in [0.15, 0.2) is 23.0 Å². The van der Waals surface area contributed by atoms with Crippen molar-refractivity contribution in [2.45, 2.75) is 20.1 Å². The summed E-state index contributed by atoms with van der Waals surface area (Å²) in [6.45, 7) is 2.91. The van der Waals surface area contributed by atoms with Crippen molar-refractivity contribution in [3.8, 4) is 5.75 Å². The van der Waals surface area contributed by atoms with Crippen LogP contribution in [0.25, 0.3) is 0 Å². The highest BCUT2D eigenvalue weighted by Crippen LogP contribution is 2.12. The van der Waals surface area contributed by atoms with Crippen LogP contribution < -0.4 is 16.0 Å². The van der Waals surface area contributed by atoms with Crippen LogP contribution in [0.2, 0.25) is 0 Å². The highest BCUT2D eigenvalue weighted by Gasteiger charge is 2.11. The number of amides is 1. The molecule has 1 amide bonds. The van der Waals surface area contributed by atoms with E-state index < -0.39 is 5.91 Å². The van der Waals surface area contributed by atoms with Gasteiger partial charge >= 0.3 is 0 Å². The van der Waals surface area contributed by atoms with E-state index in [1.165, 1.54) is 6.07 Å². The molecule has 0 aliphatic carbocycles. The zero-order chi connectivity index (χ0) is 13.0. The molecule has 0 aliphatic rings. The monoisotopic (exact) mass is 251 g/mol. The first kappa shape index (κ1) is 12.1. The number of hydrazine groups is 1. The Kier molecular flexibility index (Phi) is 3.58. The van der Waals surface area contributed by atoms with Gasteiger partial charge in [-0.05, 0) is 6.92 Å². The number of hydrogen-bond donors (Lipinski definition) is 2. The summed E-state index contributed by atoms with van der Waals surface area (Å²) in [7, 11) is 0. The third kappa shape index (κ3) is 2.66. The maximum atomic E-state index is 11.1. The molecule has 0 aliphatic heterocycles. The summed E-state index contributed by atoms with van der Waals surface area (Å²) in [6, 6.07) is 1.46. The third-order valence-corrected chi connectivity index (χ3v) is 2.24. The van der Waals surface area contributed by atoms with Gasteiger partial charge in [-0.1, -0.05) is 5.16 Å². The number of hydrogen-bond acceptors (Lipinski definition) is 6. The second kappa shape index (κ2) is 5.32. The van der Waals surface area contributed by atoms with Crippen molar-refractivity contribution in [2.75, 3.05) is 0 Å². The van der Waals surface area contributed by atoms with Gasteiger partial charge in [-0.3, -0.25) is 14.9 Å². The molecule has 3 N–H and O–H groups in total. The molecule has 8 nitrogen and oxygen atoms in total. The van der Waals surface area contributed by atoms with Gasteiger partial charge < -0.3 is 9.26 Å². The minimum absolute atomic E-state index is 0.111. The molecule has 0 unspecified atom stereocenters. The molecule has 0 saturated heterocycles. The Balaban J connectivity index is 1.93. The van der Waals surface area contributed by atoms with Crippen LogP contribution in [0.5, 0.6) is 5.75 Å². The molecule has 0 spiro atoms. The van der Waals surface area contributed by atoms with Gasteiger partial charge in [-0.2, -0.15) is 5.10 Å². The van der Waals surface area contributed by atoms with Gasteiger partial charge in [0.25, 0.3) is 5.91 Å². The Morgan fingerprint density at radius 2 is 2.50 bits per heavy atom. The minimum atomic E-state index is -0.510. The average molecular weight is 251 g/mol. The Morgan fingerprint density at radius 1 is 1.67 bits per heavy atom. The van der Waals surface area contributed by atoms with E-state index in [1.54, 1.807) is 17.1 Å². The summed E-state index contributed by atoms with van der Waals surface area (Å²) in [5, 5.41) is 7.61. The van der Waals surface area contributed by atoms with Gasteiger partial charge in [0.2, 0.25) is 0 Å². The summed E-state index contributed by atoms with van der Waals surface area (Å²) < 4.78 is 12.1. The van der Waals surface area contributed by atoms with Crippen LogP contribution in [0.4, 0.5) is 0 Å². The van der Waals surface area contributed by atoms with Crippen molar-refractivity contribution in [2.24, 2.45) is 5.84 Å². The maximum Gasteiger partial charge on any atom is 0.287 e. The average Bonchev–Trinajstić information content (AvgIpc) is 3.04. The second-order valence-electron chi connectivity index (χ2n) is 3.47. The lowest BCUT2D eigenvalue weighted by Crippen LogP contribution is -2.30. The van der Waals surface area contributed by atoms with Gasteiger partial charge in [-0.15, -0.1) is 0 Å². The van der Waals surface area contributed by atoms with Gasteiger partial charge in [0.1, 0.15) is 6.61 Å². The lowest BCUT2D eigenvalue weighted by atomic mass is 10.3. The zero-order valence-corrected chi connectivity index (χ0v) is 9.79. The minimum Gasteiger partial charge on any atom is -0.482 e. The fourth-order valence-electron chi connectivity index (χ4n) is 1.31. The number of rotatable bonds is 5. The Morgan fingerprint density at radius 3 is 3.17 bits per heavy atom. The third-order valence-electron chi connectivity index (χ3n) is 2.24. The van der Waals surface area contributed by atoms with E-state index in [1.807, 2.05) is 12.3 Å². The number of nitrogens with one attached hydrogen (secondary N) is 1. The quantitative estimate of drug-likeness (QED) is 0.442. The smallest absolute Gasteiger partial charge is 0.287 e. The summed E-state index contributed by atoms with van der Waals surface area (Å²) in [5.74, 6) is 5.51. The SMILES string of the molecule is CCn1cc(OCc2cc(C(=O)NN)no2)cn1. The second-order valence-corrected chi connectivity index (χ2v) is 3.47. The standard InChI is InChI=1S/C10H13N5O3/c1-2-15-5-8(4-12-15)17-6-7-3-9(14-18-7)10(16)13-11/h3-5H,2,6,11H2,1H3,(H,13,16). The largest absolute Gasteiger partial charge is 0.482 e. The normalized spacial score (nSPS) is 10.3. The van der Waals surface area contributed by atoms with Gasteiger partial charge in [0.05, 0.1) is 12.4 Å². The van der Waals surface area contributed by atoms with Crippen molar-refractivity contribution < 1.29 is 14.1 Å². The highest BCUT2D eigenvalue weighted by atomic mass is 16.5. The molecule has 96 valence electrons. The molecule has 0 aromatic carbocycles. The predicted octanol–water partition coefficient (Wildman–Crippen LogP) is 0.0735. The summed E-state index contributed by atoms with van der Waals surface area (Å²) >= 11 is 0. The van der Waals surface area contributed by atoms with Crippen LogP contribution in [0.1, 0.15) is 23.2 Å². The molecule has 0 atom stereocenters. The van der Waals surface area contributed by atoms with E-state index in [0.717, 1.165) is 6.54 Å². The van der Waals surface area contributed by atoms with Crippen LogP contribution in [-0.2, 0) is 13.2 Å². The van der Waals surface area contributed by atoms with E-state index in [9.17, 15) is 4.79 Å². The van der Waals surface area contributed by atoms with E-state index in [0.29, 0.717) is 11.5 Å². The number of carbonyl (C=O) groups is 1. The molecule has 2 heterocycles. The van der Waals surface area contributed by atoms with Crippen molar-refractivity contribution in [1.82, 2.24) is 20.4 Å². The molecular weight excluding hydrogens is 238 g/mol. The lowest BCUT2D eigenvalue weighted by Gasteiger charge is -1.98. The number of ether oxygens (including phenoxy) is 1. The first-order valence-electron chi connectivity index (χ1n) is 5.34. The number of nitrogens with zero attached hydrogens (tertiary/aromatic N) is 3. The Labute approximate surface area is 103 Å². The summed E-state index contributed by atoms with van der Waals surface area (Å²) in [6.07, 6.45) is 3.37. The number of aryl methyl sites for hydroxylation is 1. The van der Waals surface area contributed by atoms with E-state index in [4.69, 9.17) is 15.1 Å². The maximum absolute atomic E-state index is 11.1. The molecule has 8 heteroatoms. The molecule has 0 fully saturated rings. The molecule has 2 rings (SSSR count). The van der Waals surface area contributed by atoms with Crippen molar-refractivity contribution in [1.29, 1.82) is 0 Å². The van der Waals surface area contributed by atoms with Crippen LogP contribution in [0, 0.1) is 0 Å². The molecular formula is C10H13N5O3. The number of aromatic nitrogens is 3. The molecule has 2 aromatic heterocycles. The molecule has 0 bridgehead atoms. The highest BCUT2D eigenvalue weighted by molar-refractivity contribution is 5.91. The Hall–Kier alpha value is -2.35. The number of nitrogen functional groups attached to an aromatic ring is 1. The molecule has 0 radical (unpaired) electrons. The fourth-order valence-corrected chi connectivity index (χ4v) is 1.31. The van der Waals surface area contributed by atoms with E-state index in [2.05, 4.69) is 10.3 Å². The van der Waals surface area contributed by atoms with Crippen molar-refractivity contribution in [3.63, 3.8) is 0 Å².